The Morgan fingerprint density at radius 2 is 1.92 bits per heavy atom. The topological polar surface area (TPSA) is 51.2 Å². The summed E-state index contributed by atoms with van der Waals surface area (Å²) in [5.41, 5.74) is 3.98. The third-order valence-electron chi connectivity index (χ3n) is 3.73. The van der Waals surface area contributed by atoms with E-state index in [1.54, 1.807) is 11.3 Å². The van der Waals surface area contributed by atoms with Crippen molar-refractivity contribution in [3.05, 3.63) is 65.2 Å². The number of thiazole rings is 1. The van der Waals surface area contributed by atoms with Gasteiger partial charge in [-0.2, -0.15) is 0 Å². The lowest BCUT2D eigenvalue weighted by Crippen LogP contribution is -2.07. The average Bonchev–Trinajstić information content (AvgIpc) is 3.09. The fourth-order valence-corrected chi connectivity index (χ4v) is 3.24. The van der Waals surface area contributed by atoms with E-state index >= 15 is 0 Å². The number of nitrogens with zero attached hydrogens (tertiary/aromatic N) is 1. The molecule has 1 amide bonds. The highest BCUT2D eigenvalue weighted by atomic mass is 32.1. The molecule has 0 radical (unpaired) electrons. The molecule has 1 heterocycles. The number of carbonyl (C=O) groups is 1. The quantitative estimate of drug-likeness (QED) is 0.686. The Morgan fingerprint density at radius 1 is 1.16 bits per heavy atom. The van der Waals surface area contributed by atoms with Crippen molar-refractivity contribution < 1.29 is 9.53 Å². The van der Waals surface area contributed by atoms with Crippen molar-refractivity contribution in [3.8, 4) is 16.3 Å². The third kappa shape index (κ3) is 4.45. The summed E-state index contributed by atoms with van der Waals surface area (Å²) in [6.45, 7) is 3.99. The predicted octanol–water partition coefficient (Wildman–Crippen LogP) is 4.91. The fraction of sp³-hybridized carbons (Fsp3) is 0.200. The van der Waals surface area contributed by atoms with Gasteiger partial charge in [0.05, 0.1) is 11.4 Å². The van der Waals surface area contributed by atoms with Gasteiger partial charge < -0.3 is 10.1 Å². The van der Waals surface area contributed by atoms with Crippen molar-refractivity contribution in [3.63, 3.8) is 0 Å². The summed E-state index contributed by atoms with van der Waals surface area (Å²) < 4.78 is 5.84. The van der Waals surface area contributed by atoms with Gasteiger partial charge in [0, 0.05) is 17.9 Å². The molecule has 25 heavy (non-hydrogen) atoms. The van der Waals surface area contributed by atoms with E-state index in [4.69, 9.17) is 4.74 Å². The summed E-state index contributed by atoms with van der Waals surface area (Å²) in [5.74, 6) is 0.516. The van der Waals surface area contributed by atoms with Gasteiger partial charge in [-0.05, 0) is 24.1 Å². The Morgan fingerprint density at radius 3 is 2.64 bits per heavy atom. The molecule has 0 fully saturated rings. The lowest BCUT2D eigenvalue weighted by Gasteiger charge is -2.10. The van der Waals surface area contributed by atoms with Gasteiger partial charge >= 0.3 is 0 Å². The van der Waals surface area contributed by atoms with Crippen molar-refractivity contribution in [1.82, 2.24) is 4.98 Å². The van der Waals surface area contributed by atoms with Crippen molar-refractivity contribution in [2.24, 2.45) is 0 Å². The van der Waals surface area contributed by atoms with Gasteiger partial charge in [-0.3, -0.25) is 4.79 Å². The van der Waals surface area contributed by atoms with E-state index in [1.807, 2.05) is 29.6 Å². The minimum absolute atomic E-state index is 0.123. The molecule has 3 aromatic rings. The van der Waals surface area contributed by atoms with E-state index in [-0.39, 0.29) is 5.91 Å². The molecule has 0 aliphatic rings. The molecule has 5 heteroatoms. The van der Waals surface area contributed by atoms with Gasteiger partial charge in [-0.25, -0.2) is 4.98 Å². The Hall–Kier alpha value is -2.66. The second kappa shape index (κ2) is 7.94. The number of carbonyl (C=O) groups excluding carboxylic acids is 1. The number of hydrogen-bond donors (Lipinski definition) is 1. The van der Waals surface area contributed by atoms with E-state index in [2.05, 4.69) is 41.5 Å². The van der Waals surface area contributed by atoms with Gasteiger partial charge in [-0.15, -0.1) is 11.3 Å². The highest BCUT2D eigenvalue weighted by Crippen LogP contribution is 2.27. The lowest BCUT2D eigenvalue weighted by molar-refractivity contribution is -0.114. The number of benzene rings is 2. The minimum Gasteiger partial charge on any atom is -0.485 e. The Kier molecular flexibility index (Phi) is 5.46. The number of aryl methyl sites for hydroxylation is 1. The Labute approximate surface area is 151 Å². The van der Waals surface area contributed by atoms with Crippen LogP contribution in [0.5, 0.6) is 5.75 Å². The summed E-state index contributed by atoms with van der Waals surface area (Å²) >= 11 is 1.61. The first-order valence-corrected chi connectivity index (χ1v) is 9.07. The van der Waals surface area contributed by atoms with Gasteiger partial charge in [0.2, 0.25) is 5.91 Å². The molecule has 0 bridgehead atoms. The predicted molar refractivity (Wildman–Crippen MR) is 102 cm³/mol. The van der Waals surface area contributed by atoms with Crippen LogP contribution in [0.4, 0.5) is 5.69 Å². The molecule has 0 spiro atoms. The van der Waals surface area contributed by atoms with Crippen LogP contribution >= 0.6 is 11.3 Å². The van der Waals surface area contributed by atoms with Crippen LogP contribution < -0.4 is 10.1 Å². The van der Waals surface area contributed by atoms with Crippen LogP contribution in [0, 0.1) is 0 Å². The molecule has 3 rings (SSSR count). The number of para-hydroxylation sites is 2. The molecule has 0 unspecified atom stereocenters. The highest BCUT2D eigenvalue weighted by molar-refractivity contribution is 7.13. The second-order valence-electron chi connectivity index (χ2n) is 5.66. The van der Waals surface area contributed by atoms with Gasteiger partial charge in [0.15, 0.2) is 0 Å². The molecule has 0 saturated heterocycles. The maximum atomic E-state index is 11.3. The Balaban J connectivity index is 1.69. The van der Waals surface area contributed by atoms with E-state index in [9.17, 15) is 4.79 Å². The minimum atomic E-state index is -0.123. The molecule has 2 aromatic carbocycles. The number of hydrogen-bond acceptors (Lipinski definition) is 4. The normalized spacial score (nSPS) is 10.5. The first-order valence-electron chi connectivity index (χ1n) is 8.19. The lowest BCUT2D eigenvalue weighted by atomic mass is 10.1. The molecule has 0 aliphatic heterocycles. The number of amides is 1. The maximum Gasteiger partial charge on any atom is 0.221 e. The zero-order valence-corrected chi connectivity index (χ0v) is 15.1. The van der Waals surface area contributed by atoms with Crippen LogP contribution in [-0.4, -0.2) is 10.9 Å². The number of nitrogens with one attached hydrogen (secondary N) is 1. The molecule has 128 valence electrons. The summed E-state index contributed by atoms with van der Waals surface area (Å²) in [7, 11) is 0. The van der Waals surface area contributed by atoms with E-state index in [1.165, 1.54) is 12.5 Å². The Bertz CT molecular complexity index is 856. The molecule has 0 aliphatic carbocycles. The first kappa shape index (κ1) is 17.2. The van der Waals surface area contributed by atoms with Crippen LogP contribution in [-0.2, 0) is 17.8 Å². The molecular weight excluding hydrogens is 332 g/mol. The standard InChI is InChI=1S/C20H20N2O2S/c1-3-15-8-10-16(11-9-15)20-22-17(13-25-20)12-24-19-7-5-4-6-18(19)21-14(2)23/h4-11,13H,3,12H2,1-2H3,(H,21,23). The van der Waals surface area contributed by atoms with Crippen molar-refractivity contribution >= 4 is 22.9 Å². The summed E-state index contributed by atoms with van der Waals surface area (Å²) in [6, 6.07) is 15.9. The molecule has 0 saturated carbocycles. The van der Waals surface area contributed by atoms with Crippen LogP contribution in [0.2, 0.25) is 0 Å². The summed E-state index contributed by atoms with van der Waals surface area (Å²) in [4.78, 5) is 15.9. The molecule has 4 nitrogen and oxygen atoms in total. The summed E-state index contributed by atoms with van der Waals surface area (Å²) in [5, 5.41) is 5.76. The summed E-state index contributed by atoms with van der Waals surface area (Å²) in [6.07, 6.45) is 1.03. The molecular formula is C20H20N2O2S. The number of anilines is 1. The van der Waals surface area contributed by atoms with Crippen LogP contribution in [0.15, 0.2) is 53.9 Å². The van der Waals surface area contributed by atoms with E-state index < -0.39 is 0 Å². The van der Waals surface area contributed by atoms with E-state index in [0.29, 0.717) is 18.0 Å². The zero-order chi connectivity index (χ0) is 17.6. The van der Waals surface area contributed by atoms with Crippen LogP contribution in [0.25, 0.3) is 10.6 Å². The van der Waals surface area contributed by atoms with Crippen molar-refractivity contribution in [2.45, 2.75) is 26.9 Å². The average molecular weight is 352 g/mol. The van der Waals surface area contributed by atoms with Gasteiger partial charge in [-0.1, -0.05) is 43.3 Å². The van der Waals surface area contributed by atoms with Crippen molar-refractivity contribution in [1.29, 1.82) is 0 Å². The fourth-order valence-electron chi connectivity index (χ4n) is 2.43. The third-order valence-corrected chi connectivity index (χ3v) is 4.67. The van der Waals surface area contributed by atoms with Crippen molar-refractivity contribution in [2.75, 3.05) is 5.32 Å². The van der Waals surface area contributed by atoms with Crippen LogP contribution in [0.3, 0.4) is 0 Å². The number of ether oxygens (including phenoxy) is 1. The second-order valence-corrected chi connectivity index (χ2v) is 6.52. The zero-order valence-electron chi connectivity index (χ0n) is 14.3. The molecule has 1 N–H and O–H groups in total. The first-order chi connectivity index (χ1) is 12.2. The largest absolute Gasteiger partial charge is 0.485 e. The number of aromatic nitrogens is 1. The number of rotatable bonds is 6. The van der Waals surface area contributed by atoms with Crippen LogP contribution in [0.1, 0.15) is 25.1 Å². The SMILES string of the molecule is CCc1ccc(-c2nc(COc3ccccc3NC(C)=O)cs2)cc1. The van der Waals surface area contributed by atoms with Gasteiger partial charge in [0.1, 0.15) is 17.4 Å². The van der Waals surface area contributed by atoms with E-state index in [0.717, 1.165) is 22.7 Å². The molecule has 0 atom stereocenters. The highest BCUT2D eigenvalue weighted by Gasteiger charge is 2.08. The monoisotopic (exact) mass is 352 g/mol. The van der Waals surface area contributed by atoms with Gasteiger partial charge in [0.25, 0.3) is 0 Å². The maximum absolute atomic E-state index is 11.3. The molecule has 1 aromatic heterocycles. The smallest absolute Gasteiger partial charge is 0.221 e.